The van der Waals surface area contributed by atoms with Crippen LogP contribution in [0, 0.1) is 5.92 Å². The zero-order valence-electron chi connectivity index (χ0n) is 25.0. The van der Waals surface area contributed by atoms with Gasteiger partial charge in [-0.15, -0.1) is 0 Å². The monoisotopic (exact) mass is 675 g/mol. The largest absolute Gasteiger partial charge is 0.456 e. The SMILES string of the molecule is CC(C)(CC(=O)NCCn1ccc2ncnc(Nc3ccc(Oc4cccc(S(=O)(=O)CC5CC5)c4)c(Cl)c3)c21)OS(C)(=O)=O. The summed E-state index contributed by atoms with van der Waals surface area (Å²) in [6.45, 7) is 3.74. The number of nitrogens with one attached hydrogen (secondary N) is 2. The lowest BCUT2D eigenvalue weighted by Crippen LogP contribution is -2.36. The molecule has 2 aromatic carbocycles. The average Bonchev–Trinajstić information content (AvgIpc) is 3.64. The van der Waals surface area contributed by atoms with Crippen LogP contribution in [0.5, 0.6) is 11.5 Å². The average molecular weight is 676 g/mol. The van der Waals surface area contributed by atoms with Gasteiger partial charge in [0.25, 0.3) is 10.1 Å². The number of carbonyl (C=O) groups excluding carboxylic acids is 1. The summed E-state index contributed by atoms with van der Waals surface area (Å²) < 4.78 is 61.1. The fourth-order valence-electron chi connectivity index (χ4n) is 4.86. The number of nitrogens with zero attached hydrogens (tertiary/aromatic N) is 3. The van der Waals surface area contributed by atoms with E-state index in [0.29, 0.717) is 45.6 Å². The molecule has 1 aliphatic rings. The van der Waals surface area contributed by atoms with E-state index in [0.717, 1.165) is 19.1 Å². The third-order valence-electron chi connectivity index (χ3n) is 6.93. The van der Waals surface area contributed by atoms with Crippen LogP contribution >= 0.6 is 11.6 Å². The Labute approximate surface area is 267 Å². The van der Waals surface area contributed by atoms with Crippen molar-refractivity contribution >= 4 is 60.0 Å². The Morgan fingerprint density at radius 1 is 1.09 bits per heavy atom. The fraction of sp³-hybridized carbons (Fsp3) is 0.367. The number of hydrogen-bond donors (Lipinski definition) is 2. The number of benzene rings is 2. The van der Waals surface area contributed by atoms with Crippen molar-refractivity contribution in [2.24, 2.45) is 5.92 Å². The van der Waals surface area contributed by atoms with Crippen LogP contribution in [-0.4, -0.2) is 61.4 Å². The van der Waals surface area contributed by atoms with Gasteiger partial charge in [-0.05, 0) is 75.1 Å². The van der Waals surface area contributed by atoms with Crippen LogP contribution in [0.2, 0.25) is 5.02 Å². The second kappa shape index (κ2) is 12.9. The highest BCUT2D eigenvalue weighted by Gasteiger charge is 2.29. The molecule has 0 radical (unpaired) electrons. The third-order valence-corrected chi connectivity index (χ3v) is 9.86. The molecule has 2 N–H and O–H groups in total. The van der Waals surface area contributed by atoms with Crippen molar-refractivity contribution in [3.05, 3.63) is 66.1 Å². The molecule has 5 rings (SSSR count). The number of sulfone groups is 1. The summed E-state index contributed by atoms with van der Waals surface area (Å²) in [5, 5.41) is 6.35. The molecular weight excluding hydrogens is 642 g/mol. The Morgan fingerprint density at radius 3 is 2.58 bits per heavy atom. The van der Waals surface area contributed by atoms with Crippen LogP contribution in [0.25, 0.3) is 11.0 Å². The first-order valence-corrected chi connectivity index (χ1v) is 18.1. The number of halogens is 1. The van der Waals surface area contributed by atoms with Gasteiger partial charge in [0.15, 0.2) is 15.7 Å². The van der Waals surface area contributed by atoms with Crippen molar-refractivity contribution in [2.45, 2.75) is 50.2 Å². The second-order valence-corrected chi connectivity index (χ2v) is 15.6. The predicted octanol–water partition coefficient (Wildman–Crippen LogP) is 5.07. The second-order valence-electron chi connectivity index (χ2n) is 11.6. The maximum absolute atomic E-state index is 12.7. The molecule has 2 aromatic heterocycles. The highest BCUT2D eigenvalue weighted by atomic mass is 35.5. The van der Waals surface area contributed by atoms with Crippen molar-refractivity contribution in [2.75, 3.05) is 23.9 Å². The highest BCUT2D eigenvalue weighted by Crippen LogP contribution is 2.36. The van der Waals surface area contributed by atoms with E-state index in [-0.39, 0.29) is 35.4 Å². The van der Waals surface area contributed by atoms with E-state index in [1.165, 1.54) is 26.2 Å². The number of rotatable bonds is 14. The highest BCUT2D eigenvalue weighted by molar-refractivity contribution is 7.91. The lowest BCUT2D eigenvalue weighted by Gasteiger charge is -2.22. The zero-order valence-corrected chi connectivity index (χ0v) is 27.4. The maximum atomic E-state index is 12.7. The summed E-state index contributed by atoms with van der Waals surface area (Å²) >= 11 is 6.56. The summed E-state index contributed by atoms with van der Waals surface area (Å²) in [7, 11) is -7.09. The molecule has 1 aliphatic carbocycles. The molecule has 4 aromatic rings. The van der Waals surface area contributed by atoms with Crippen molar-refractivity contribution in [3.63, 3.8) is 0 Å². The van der Waals surface area contributed by atoms with Crippen molar-refractivity contribution < 1.29 is 30.6 Å². The molecule has 1 saturated carbocycles. The lowest BCUT2D eigenvalue weighted by molar-refractivity contribution is -0.124. The summed E-state index contributed by atoms with van der Waals surface area (Å²) in [5.74, 6) is 1.27. The van der Waals surface area contributed by atoms with Crippen molar-refractivity contribution in [1.29, 1.82) is 0 Å². The van der Waals surface area contributed by atoms with E-state index in [1.807, 2.05) is 16.8 Å². The van der Waals surface area contributed by atoms with Gasteiger partial charge in [0, 0.05) is 25.0 Å². The molecule has 0 aliphatic heterocycles. The Balaban J connectivity index is 1.24. The van der Waals surface area contributed by atoms with E-state index < -0.39 is 25.6 Å². The van der Waals surface area contributed by atoms with Crippen LogP contribution in [0.15, 0.2) is 66.0 Å². The predicted molar refractivity (Wildman–Crippen MR) is 171 cm³/mol. The van der Waals surface area contributed by atoms with Crippen molar-refractivity contribution in [1.82, 2.24) is 19.9 Å². The summed E-state index contributed by atoms with van der Waals surface area (Å²) in [4.78, 5) is 21.4. The summed E-state index contributed by atoms with van der Waals surface area (Å²) in [6, 6.07) is 13.4. The first kappa shape index (κ1) is 32.7. The number of anilines is 2. The smallest absolute Gasteiger partial charge is 0.264 e. The van der Waals surface area contributed by atoms with E-state index in [4.69, 9.17) is 20.5 Å². The number of carbonyl (C=O) groups is 1. The van der Waals surface area contributed by atoms with E-state index in [2.05, 4.69) is 20.6 Å². The minimum Gasteiger partial charge on any atom is -0.456 e. The molecule has 0 bridgehead atoms. The van der Waals surface area contributed by atoms with E-state index in [9.17, 15) is 21.6 Å². The van der Waals surface area contributed by atoms with Gasteiger partial charge in [0.1, 0.15) is 23.3 Å². The third kappa shape index (κ3) is 8.93. The van der Waals surface area contributed by atoms with Gasteiger partial charge in [-0.2, -0.15) is 8.42 Å². The van der Waals surface area contributed by atoms with Crippen LogP contribution < -0.4 is 15.4 Å². The number of aromatic nitrogens is 3. The van der Waals surface area contributed by atoms with Gasteiger partial charge in [0.05, 0.1) is 39.5 Å². The van der Waals surface area contributed by atoms with Crippen LogP contribution in [0.4, 0.5) is 11.5 Å². The van der Waals surface area contributed by atoms with Gasteiger partial charge in [-0.1, -0.05) is 17.7 Å². The van der Waals surface area contributed by atoms with Gasteiger partial charge in [-0.25, -0.2) is 18.4 Å². The fourth-order valence-corrected chi connectivity index (χ4v) is 7.69. The zero-order chi connectivity index (χ0) is 32.4. The maximum Gasteiger partial charge on any atom is 0.264 e. The summed E-state index contributed by atoms with van der Waals surface area (Å²) in [6.07, 6.45) is 5.97. The van der Waals surface area contributed by atoms with Gasteiger partial charge in [-0.3, -0.25) is 8.98 Å². The molecule has 1 fully saturated rings. The standard InChI is InChI=1S/C30H34ClN5O7S2/c1-30(2,43-44(3,38)39)17-27(37)32-12-14-36-13-11-25-28(36)29(34-19-33-25)35-21-9-10-26(24(31)15-21)42-22-5-4-6-23(16-22)45(40,41)18-20-7-8-20/h4-6,9-11,13,15-16,19-20H,7-8,12,14,17-18H2,1-3H3,(H,32,37)(H,33,34,35). The molecule has 1 amide bonds. The van der Waals surface area contributed by atoms with Crippen LogP contribution in [0.1, 0.15) is 33.1 Å². The minimum atomic E-state index is -3.71. The molecule has 0 saturated heterocycles. The van der Waals surface area contributed by atoms with E-state index >= 15 is 0 Å². The number of hydrogen-bond acceptors (Lipinski definition) is 10. The quantitative estimate of drug-likeness (QED) is 0.173. The Morgan fingerprint density at radius 2 is 1.87 bits per heavy atom. The summed E-state index contributed by atoms with van der Waals surface area (Å²) in [5.41, 5.74) is 0.838. The lowest BCUT2D eigenvalue weighted by atomic mass is 10.1. The Kier molecular flexibility index (Phi) is 9.40. The van der Waals surface area contributed by atoms with Crippen LogP contribution in [-0.2, 0) is 35.5 Å². The molecular formula is C30H34ClN5O7S2. The molecule has 240 valence electrons. The van der Waals surface area contributed by atoms with Gasteiger partial charge >= 0.3 is 0 Å². The van der Waals surface area contributed by atoms with Crippen LogP contribution in [0.3, 0.4) is 0 Å². The number of amides is 1. The Bertz CT molecular complexity index is 1940. The first-order chi connectivity index (χ1) is 21.2. The van der Waals surface area contributed by atoms with Gasteiger partial charge < -0.3 is 19.9 Å². The molecule has 2 heterocycles. The molecule has 0 atom stereocenters. The Hall–Kier alpha value is -3.72. The number of ether oxygens (including phenoxy) is 1. The first-order valence-electron chi connectivity index (χ1n) is 14.2. The molecule has 15 heteroatoms. The molecule has 45 heavy (non-hydrogen) atoms. The van der Waals surface area contributed by atoms with Crippen molar-refractivity contribution in [3.8, 4) is 11.5 Å². The molecule has 0 spiro atoms. The van der Waals surface area contributed by atoms with Gasteiger partial charge in [0.2, 0.25) is 5.91 Å². The topological polar surface area (TPSA) is 159 Å². The molecule has 0 unspecified atom stereocenters. The molecule has 12 nitrogen and oxygen atoms in total. The minimum absolute atomic E-state index is 0.131. The van der Waals surface area contributed by atoms with E-state index in [1.54, 1.807) is 36.4 Å². The number of fused-ring (bicyclic) bond motifs is 1. The normalized spacial score (nSPS) is 14.0.